The third-order valence-corrected chi connectivity index (χ3v) is 21.9. The first-order chi connectivity index (χ1) is 55.7. The van der Waals surface area contributed by atoms with Crippen molar-refractivity contribution in [1.82, 2.24) is 41.4 Å². The zero-order valence-corrected chi connectivity index (χ0v) is 63.9. The quantitative estimate of drug-likeness (QED) is 0.00798. The van der Waals surface area contributed by atoms with Gasteiger partial charge in [0.05, 0.1) is 23.5 Å². The summed E-state index contributed by atoms with van der Waals surface area (Å²) in [4.78, 5) is 173. The first kappa shape index (κ1) is 80.9. The van der Waals surface area contributed by atoms with Crippen LogP contribution in [0.4, 0.5) is 5.69 Å². The molecule has 0 unspecified atom stereocenters. The number of aromatic nitrogens is 2. The van der Waals surface area contributed by atoms with Crippen molar-refractivity contribution < 1.29 is 97.7 Å². The van der Waals surface area contributed by atoms with E-state index in [9.17, 15) is 83.5 Å². The normalized spacial score (nSPS) is 16.2. The summed E-state index contributed by atoms with van der Waals surface area (Å²) >= 11 is 0. The van der Waals surface area contributed by atoms with Gasteiger partial charge >= 0.3 is 11.9 Å². The van der Waals surface area contributed by atoms with E-state index in [1.165, 1.54) is 0 Å². The second-order valence-corrected chi connectivity index (χ2v) is 31.0. The van der Waals surface area contributed by atoms with E-state index >= 15 is 0 Å². The van der Waals surface area contributed by atoms with Gasteiger partial charge in [0.2, 0.25) is 0 Å². The monoisotopic (exact) mass is 1610 g/mol. The Morgan fingerprint density at radius 2 is 0.750 bits per heavy atom. The SMILES string of the molecule is O=C(CCCN(CCCS(=O)(=O)O)c1ccc(C2C(=O)C(=C3C=CC(=[N+](CCCC(=O)ON4C(=O)CCC4=O)CCCS(=O)(=O)O)C=C3)C2=O)cc1)ON1C(=O)CCC1=O.O=C1NCc2c3ccccc3c(c3ccccc23)CNC(=O)c2cccc(n2)C(=O)NCc2c3ccccc3c(c3ccccc23)CNC(=O)c2cccc1n2. The van der Waals surface area contributed by atoms with Crippen molar-refractivity contribution in [3.05, 3.63) is 244 Å². The maximum absolute atomic E-state index is 13.6. The van der Waals surface area contributed by atoms with Gasteiger partial charge in [-0.25, -0.2) is 24.1 Å². The van der Waals surface area contributed by atoms with Crippen LogP contribution in [0.5, 0.6) is 0 Å². The average Bonchev–Trinajstić information content (AvgIpc) is 0.844. The number of fused-ring (bicyclic) bond motifs is 10. The fourth-order valence-electron chi connectivity index (χ4n) is 14.6. The molecular formula is C84H77N10O20S2+. The van der Waals surface area contributed by atoms with Gasteiger partial charge in [-0.2, -0.15) is 16.8 Å². The van der Waals surface area contributed by atoms with Crippen LogP contribution >= 0.6 is 0 Å². The smallest absolute Gasteiger partial charge is 0.333 e. The van der Waals surface area contributed by atoms with Crippen LogP contribution in [-0.4, -0.2) is 165 Å². The highest BCUT2D eigenvalue weighted by Gasteiger charge is 2.46. The average molecular weight is 1610 g/mol. The summed E-state index contributed by atoms with van der Waals surface area (Å²) in [6.07, 6.45) is 6.17. The highest BCUT2D eigenvalue weighted by Crippen LogP contribution is 2.39. The molecule has 32 heteroatoms. The molecule has 116 heavy (non-hydrogen) atoms. The van der Waals surface area contributed by atoms with Gasteiger partial charge in [-0.05, 0) is 138 Å². The number of allylic oxidation sites excluding steroid dienone is 6. The minimum Gasteiger partial charge on any atom is -0.371 e. The van der Waals surface area contributed by atoms with Crippen molar-refractivity contribution in [2.24, 2.45) is 0 Å². The number of pyridine rings is 2. The zero-order valence-electron chi connectivity index (χ0n) is 62.3. The lowest BCUT2D eigenvalue weighted by molar-refractivity contribution is -0.526. The van der Waals surface area contributed by atoms with E-state index in [1.807, 2.05) is 97.1 Å². The second kappa shape index (κ2) is 35.5. The summed E-state index contributed by atoms with van der Waals surface area (Å²) in [5.74, 6) is -8.76. The third-order valence-electron chi connectivity index (χ3n) is 20.2. The van der Waals surface area contributed by atoms with E-state index in [0.717, 1.165) is 65.3 Å². The lowest BCUT2D eigenvalue weighted by atomic mass is 9.70. The van der Waals surface area contributed by atoms with E-state index in [-0.39, 0.29) is 145 Å². The number of benzene rings is 7. The van der Waals surface area contributed by atoms with Crippen molar-refractivity contribution in [2.75, 3.05) is 42.6 Å². The number of nitrogens with zero attached hydrogens (tertiary/aromatic N) is 6. The summed E-state index contributed by atoms with van der Waals surface area (Å²) in [5.41, 5.74) is 5.90. The van der Waals surface area contributed by atoms with Crippen molar-refractivity contribution in [2.45, 2.75) is 96.3 Å². The molecule has 1 saturated carbocycles. The van der Waals surface area contributed by atoms with Gasteiger partial charge in [0.15, 0.2) is 17.3 Å². The first-order valence-corrected chi connectivity index (χ1v) is 40.6. The zero-order chi connectivity index (χ0) is 82.0. The molecule has 0 atom stereocenters. The number of rotatable bonds is 20. The number of carbonyl (C=O) groups excluding carboxylic acids is 12. The molecule has 2 saturated heterocycles. The van der Waals surface area contributed by atoms with Gasteiger partial charge in [0.25, 0.3) is 67.5 Å². The Morgan fingerprint density at radius 3 is 1.10 bits per heavy atom. The molecule has 9 aromatic rings. The van der Waals surface area contributed by atoms with Crippen LogP contribution in [0.1, 0.15) is 140 Å². The summed E-state index contributed by atoms with van der Waals surface area (Å²) in [6.45, 7) is 1.45. The molecule has 594 valence electrons. The number of nitrogens with one attached hydrogen (secondary N) is 4. The molecule has 2 aromatic heterocycles. The highest BCUT2D eigenvalue weighted by molar-refractivity contribution is 7.86. The van der Waals surface area contributed by atoms with E-state index in [1.54, 1.807) is 94.4 Å². The topological polar surface area (TPSA) is 419 Å². The molecule has 8 amide bonds. The summed E-state index contributed by atoms with van der Waals surface area (Å²) in [6, 6.07) is 47.5. The Kier molecular flexibility index (Phi) is 24.7. The molecule has 8 bridgehead atoms. The second-order valence-electron chi connectivity index (χ2n) is 27.9. The van der Waals surface area contributed by atoms with E-state index < -0.39 is 108 Å². The van der Waals surface area contributed by atoms with Crippen molar-refractivity contribution in [1.29, 1.82) is 0 Å². The predicted molar refractivity (Wildman–Crippen MR) is 423 cm³/mol. The maximum atomic E-state index is 13.6. The van der Waals surface area contributed by atoms with Crippen LogP contribution in [0.3, 0.4) is 0 Å². The van der Waals surface area contributed by atoms with Gasteiger partial charge in [-0.15, -0.1) is 10.1 Å². The van der Waals surface area contributed by atoms with Gasteiger partial charge in [-0.3, -0.25) is 57.1 Å². The Hall–Kier alpha value is -13.2. The molecule has 5 heterocycles. The largest absolute Gasteiger partial charge is 0.371 e. The molecule has 3 aliphatic heterocycles. The van der Waals surface area contributed by atoms with Gasteiger partial charge in [0.1, 0.15) is 41.8 Å². The molecule has 6 N–H and O–H groups in total. The third kappa shape index (κ3) is 18.9. The molecule has 2 aliphatic carbocycles. The van der Waals surface area contributed by atoms with Crippen molar-refractivity contribution in [3.63, 3.8) is 0 Å². The Balaban J connectivity index is 0.000000202. The van der Waals surface area contributed by atoms with E-state index in [2.05, 4.69) is 31.2 Å². The van der Waals surface area contributed by atoms with Crippen molar-refractivity contribution >= 4 is 145 Å². The van der Waals surface area contributed by atoms with Crippen LogP contribution in [0.15, 0.2) is 193 Å². The minimum absolute atomic E-state index is 0.0266. The molecule has 3 fully saturated rings. The molecule has 30 nitrogen and oxygen atoms in total. The van der Waals surface area contributed by atoms with Gasteiger partial charge < -0.3 is 35.8 Å². The number of imide groups is 2. The highest BCUT2D eigenvalue weighted by atomic mass is 32.2. The summed E-state index contributed by atoms with van der Waals surface area (Å²) in [7, 11) is -8.51. The number of carbonyl (C=O) groups is 12. The maximum Gasteiger partial charge on any atom is 0.333 e. The van der Waals surface area contributed by atoms with Crippen molar-refractivity contribution in [3.8, 4) is 0 Å². The molecular weight excluding hydrogens is 1530 g/mol. The lowest BCUT2D eigenvalue weighted by Crippen LogP contribution is -2.39. The number of anilines is 1. The molecule has 0 radical (unpaired) electrons. The fraction of sp³-hybridized carbons (Fsp3) is 0.250. The standard InChI is InChI=1S/C46H34N6O4.C38H42N4O16S2/c53-43-39-19-9-21-41(51-39)45(55)49-25-37-31-15-5-7-17-33(31)38(34-18-8-6-16-32(34)37)26-50-46(56)42-22-10-20-40(52-42)44(54)48-24-36-28-12-2-1-11-27(28)35(23-47-43)29-13-3-4-14-30(29)36;43-29-15-16-30(44)41(29)57-33(47)5-1-19-39(21-3-23-59(51,52)53)27-11-7-25(8-12-27)35-37(49)36(38(35)50)26-9-13-28(14-10-26)40(22-4-24-60(54,55)56)20-2-6-34(48)58-42-31(45)17-18-32(42)46/h1-22H,23-26H2,(H,47,53)(H,48,54)(H,49,55)(H,50,56);7-14,35H,1-6,15-24H2,(H-,51,52,53,54,55,56)/p+1. The first-order valence-electron chi connectivity index (χ1n) is 37.3. The Bertz CT molecular complexity index is 5390. The van der Waals surface area contributed by atoms with Crippen LogP contribution in [0.2, 0.25) is 0 Å². The summed E-state index contributed by atoms with van der Waals surface area (Å²) in [5, 5.41) is 20.4. The van der Waals surface area contributed by atoms with Crippen LogP contribution in [0.25, 0.3) is 43.1 Å². The number of hydrogen-bond acceptors (Lipinski definition) is 21. The van der Waals surface area contributed by atoms with E-state index in [4.69, 9.17) is 9.68 Å². The predicted octanol–water partition coefficient (Wildman–Crippen LogP) is 8.06. The van der Waals surface area contributed by atoms with E-state index in [0.29, 0.717) is 32.7 Å². The fourth-order valence-corrected chi connectivity index (χ4v) is 15.6. The Labute approximate surface area is 663 Å². The number of hydrogen-bond donors (Lipinski definition) is 6. The lowest BCUT2D eigenvalue weighted by Gasteiger charge is -2.29. The number of hydroxylamine groups is 4. The molecule has 0 spiro atoms. The molecule has 14 rings (SSSR count). The van der Waals surface area contributed by atoms with Crippen LogP contribution in [-0.2, 0) is 94.4 Å². The molecule has 5 aliphatic rings. The number of Topliss-reactive ketones (excluding diaryl/α,β-unsaturated/α-hetero) is 2. The number of ketones is 2. The molecule has 7 aromatic carbocycles. The number of amides is 8. The van der Waals surface area contributed by atoms with Gasteiger partial charge in [0, 0.05) is 102 Å². The van der Waals surface area contributed by atoms with Gasteiger partial charge in [-0.1, -0.05) is 121 Å². The summed E-state index contributed by atoms with van der Waals surface area (Å²) < 4.78 is 65.5. The van der Waals surface area contributed by atoms with Crippen LogP contribution < -0.4 is 26.2 Å². The van der Waals surface area contributed by atoms with Crippen LogP contribution in [0, 0.1) is 0 Å². The Morgan fingerprint density at radius 1 is 0.422 bits per heavy atom. The minimum atomic E-state index is -4.26.